The molecule has 1 fully saturated rings. The van der Waals surface area contributed by atoms with Crippen LogP contribution in [0.25, 0.3) is 0 Å². The molecule has 0 bridgehead atoms. The Bertz CT molecular complexity index is 814. The van der Waals surface area contributed by atoms with Crippen molar-refractivity contribution in [2.75, 3.05) is 26.7 Å². The minimum Gasteiger partial charge on any atom is -0.493 e. The Labute approximate surface area is 173 Å². The van der Waals surface area contributed by atoms with E-state index in [0.29, 0.717) is 32.7 Å². The molecule has 5 nitrogen and oxygen atoms in total. The minimum atomic E-state index is -0.00589. The molecule has 0 aromatic heterocycles. The lowest BCUT2D eigenvalue weighted by Gasteiger charge is -2.33. The van der Waals surface area contributed by atoms with Gasteiger partial charge in [-0.3, -0.25) is 9.59 Å². The zero-order chi connectivity index (χ0) is 20.6. The summed E-state index contributed by atoms with van der Waals surface area (Å²) in [5.41, 5.74) is 2.37. The molecule has 1 heterocycles. The van der Waals surface area contributed by atoms with Crippen LogP contribution in [0.3, 0.4) is 0 Å². The van der Waals surface area contributed by atoms with Crippen LogP contribution in [-0.2, 0) is 16.1 Å². The maximum atomic E-state index is 12.8. The van der Waals surface area contributed by atoms with Gasteiger partial charge in [0, 0.05) is 32.6 Å². The van der Waals surface area contributed by atoms with E-state index in [9.17, 15) is 9.59 Å². The summed E-state index contributed by atoms with van der Waals surface area (Å²) in [6.07, 6.45) is 1.81. The third kappa shape index (κ3) is 5.83. The summed E-state index contributed by atoms with van der Waals surface area (Å²) in [4.78, 5) is 28.9. The van der Waals surface area contributed by atoms with E-state index in [1.165, 1.54) is 11.1 Å². The first kappa shape index (κ1) is 20.9. The quantitative estimate of drug-likeness (QED) is 0.720. The van der Waals surface area contributed by atoms with Crippen molar-refractivity contribution < 1.29 is 14.3 Å². The first-order chi connectivity index (χ1) is 14.0. The molecule has 5 heteroatoms. The summed E-state index contributed by atoms with van der Waals surface area (Å²) in [7, 11) is 1.87. The van der Waals surface area contributed by atoms with Gasteiger partial charge in [-0.15, -0.1) is 0 Å². The number of hydrogen-bond donors (Lipinski definition) is 0. The number of nitrogens with zero attached hydrogens (tertiary/aromatic N) is 2. The topological polar surface area (TPSA) is 49.9 Å². The Balaban J connectivity index is 1.41. The Morgan fingerprint density at radius 1 is 1.03 bits per heavy atom. The first-order valence-corrected chi connectivity index (χ1v) is 10.3. The first-order valence-electron chi connectivity index (χ1n) is 10.3. The molecule has 29 heavy (non-hydrogen) atoms. The molecule has 1 aliphatic rings. The lowest BCUT2D eigenvalue weighted by molar-refractivity contribution is -0.140. The van der Waals surface area contributed by atoms with E-state index in [1.807, 2.05) is 59.3 Å². The van der Waals surface area contributed by atoms with Crippen molar-refractivity contribution in [1.29, 1.82) is 0 Å². The van der Waals surface area contributed by atoms with Crippen LogP contribution in [0.2, 0.25) is 0 Å². The SMILES string of the molecule is Cc1ccccc1CN(C)C(=O)C1CCN(C(=O)CCOc2ccccc2)CC1. The molecule has 0 saturated carbocycles. The van der Waals surface area contributed by atoms with Gasteiger partial charge in [0.05, 0.1) is 13.0 Å². The third-order valence-electron chi connectivity index (χ3n) is 5.57. The summed E-state index contributed by atoms with van der Waals surface area (Å²) in [5, 5.41) is 0. The second-order valence-corrected chi connectivity index (χ2v) is 7.69. The van der Waals surface area contributed by atoms with Crippen LogP contribution in [-0.4, -0.2) is 48.4 Å². The van der Waals surface area contributed by atoms with E-state index in [-0.39, 0.29) is 17.7 Å². The van der Waals surface area contributed by atoms with Crippen molar-refractivity contribution >= 4 is 11.8 Å². The maximum absolute atomic E-state index is 12.8. The Morgan fingerprint density at radius 2 is 1.69 bits per heavy atom. The molecule has 2 amide bonds. The predicted molar refractivity (Wildman–Crippen MR) is 114 cm³/mol. The number of ether oxygens (including phenoxy) is 1. The second kappa shape index (κ2) is 10.1. The van der Waals surface area contributed by atoms with E-state index >= 15 is 0 Å². The molecule has 0 atom stereocenters. The zero-order valence-electron chi connectivity index (χ0n) is 17.3. The van der Waals surface area contributed by atoms with Crippen molar-refractivity contribution in [3.05, 3.63) is 65.7 Å². The predicted octanol–water partition coefficient (Wildman–Crippen LogP) is 3.66. The molecule has 2 aromatic rings. The molecule has 0 spiro atoms. The van der Waals surface area contributed by atoms with Crippen molar-refractivity contribution in [1.82, 2.24) is 9.80 Å². The number of likely N-dealkylation sites (tertiary alicyclic amines) is 1. The van der Waals surface area contributed by atoms with Gasteiger partial charge in [0.25, 0.3) is 0 Å². The standard InChI is InChI=1S/C24H30N2O3/c1-19-8-6-7-9-21(19)18-25(2)24(28)20-12-15-26(16-13-20)23(27)14-17-29-22-10-4-3-5-11-22/h3-11,20H,12-18H2,1-2H3. The molecule has 3 rings (SSSR count). The number of piperidine rings is 1. The van der Waals surface area contributed by atoms with Gasteiger partial charge in [0.2, 0.25) is 11.8 Å². The van der Waals surface area contributed by atoms with Gasteiger partial charge in [-0.05, 0) is 43.0 Å². The van der Waals surface area contributed by atoms with Gasteiger partial charge in [-0.1, -0.05) is 42.5 Å². The van der Waals surface area contributed by atoms with E-state index in [4.69, 9.17) is 4.74 Å². The van der Waals surface area contributed by atoms with E-state index < -0.39 is 0 Å². The van der Waals surface area contributed by atoms with Gasteiger partial charge in [-0.2, -0.15) is 0 Å². The smallest absolute Gasteiger partial charge is 0.225 e. The van der Waals surface area contributed by atoms with Gasteiger partial charge < -0.3 is 14.5 Å². The number of rotatable bonds is 7. The molecule has 0 radical (unpaired) electrons. The summed E-state index contributed by atoms with van der Waals surface area (Å²) >= 11 is 0. The van der Waals surface area contributed by atoms with Crippen LogP contribution >= 0.6 is 0 Å². The summed E-state index contributed by atoms with van der Waals surface area (Å²) in [6, 6.07) is 17.7. The van der Waals surface area contributed by atoms with E-state index in [0.717, 1.165) is 18.6 Å². The fourth-order valence-electron chi connectivity index (χ4n) is 3.74. The second-order valence-electron chi connectivity index (χ2n) is 7.69. The molecule has 2 aromatic carbocycles. The lowest BCUT2D eigenvalue weighted by atomic mass is 9.95. The zero-order valence-corrected chi connectivity index (χ0v) is 17.3. The van der Waals surface area contributed by atoms with Gasteiger partial charge in [0.1, 0.15) is 5.75 Å². The number of hydrogen-bond acceptors (Lipinski definition) is 3. The van der Waals surface area contributed by atoms with Crippen LogP contribution in [0.4, 0.5) is 0 Å². The fourth-order valence-corrected chi connectivity index (χ4v) is 3.74. The molecular weight excluding hydrogens is 364 g/mol. The van der Waals surface area contributed by atoms with Crippen LogP contribution in [0.5, 0.6) is 5.75 Å². The number of carbonyl (C=O) groups is 2. The van der Waals surface area contributed by atoms with Crippen LogP contribution < -0.4 is 4.74 Å². The van der Waals surface area contributed by atoms with Crippen molar-refractivity contribution in [3.63, 3.8) is 0 Å². The summed E-state index contributed by atoms with van der Waals surface area (Å²) < 4.78 is 5.62. The van der Waals surface area contributed by atoms with Crippen molar-refractivity contribution in [2.24, 2.45) is 5.92 Å². The number of benzene rings is 2. The highest BCUT2D eigenvalue weighted by Crippen LogP contribution is 2.21. The molecule has 1 aliphatic heterocycles. The molecule has 0 unspecified atom stereocenters. The van der Waals surface area contributed by atoms with E-state index in [1.54, 1.807) is 0 Å². The average Bonchev–Trinajstić information content (AvgIpc) is 2.75. The minimum absolute atomic E-state index is 0.00589. The third-order valence-corrected chi connectivity index (χ3v) is 5.57. The lowest BCUT2D eigenvalue weighted by Crippen LogP contribution is -2.43. The maximum Gasteiger partial charge on any atom is 0.225 e. The summed E-state index contributed by atoms with van der Waals surface area (Å²) in [6.45, 7) is 4.35. The van der Waals surface area contributed by atoms with Gasteiger partial charge in [0.15, 0.2) is 0 Å². The monoisotopic (exact) mass is 394 g/mol. The molecule has 0 aliphatic carbocycles. The Kier molecular flexibility index (Phi) is 7.28. The number of aryl methyl sites for hydroxylation is 1. The number of para-hydroxylation sites is 1. The van der Waals surface area contributed by atoms with Crippen LogP contribution in [0, 0.1) is 12.8 Å². The molecule has 1 saturated heterocycles. The highest BCUT2D eigenvalue weighted by atomic mass is 16.5. The van der Waals surface area contributed by atoms with E-state index in [2.05, 4.69) is 19.1 Å². The summed E-state index contributed by atoms with van der Waals surface area (Å²) in [5.74, 6) is 1.04. The fraction of sp³-hybridized carbons (Fsp3) is 0.417. The highest BCUT2D eigenvalue weighted by molar-refractivity contribution is 5.80. The normalized spacial score (nSPS) is 14.5. The van der Waals surface area contributed by atoms with Gasteiger partial charge in [-0.25, -0.2) is 0 Å². The average molecular weight is 395 g/mol. The van der Waals surface area contributed by atoms with Crippen molar-refractivity contribution in [3.8, 4) is 5.75 Å². The Morgan fingerprint density at radius 3 is 2.38 bits per heavy atom. The number of amides is 2. The molecule has 0 N–H and O–H groups in total. The van der Waals surface area contributed by atoms with Crippen LogP contribution in [0.1, 0.15) is 30.4 Å². The highest BCUT2D eigenvalue weighted by Gasteiger charge is 2.29. The Hall–Kier alpha value is -2.82. The van der Waals surface area contributed by atoms with Crippen molar-refractivity contribution in [2.45, 2.75) is 32.7 Å². The number of carbonyl (C=O) groups excluding carboxylic acids is 2. The van der Waals surface area contributed by atoms with Crippen LogP contribution in [0.15, 0.2) is 54.6 Å². The van der Waals surface area contributed by atoms with Gasteiger partial charge >= 0.3 is 0 Å². The largest absolute Gasteiger partial charge is 0.493 e. The molecular formula is C24H30N2O3. The molecule has 154 valence electrons.